The molecule has 0 aromatic carbocycles. The number of hydrogen-bond acceptors (Lipinski definition) is 3. The molecule has 3 nitrogen and oxygen atoms in total. The molecule has 0 bridgehead atoms. The lowest BCUT2D eigenvalue weighted by molar-refractivity contribution is -0.128. The molecule has 3 heteroatoms. The molecular weight excluding hydrogens is 178 g/mol. The van der Waals surface area contributed by atoms with Crippen LogP contribution in [0.4, 0.5) is 0 Å². The molecular formula is C11H21NO2. The first kappa shape index (κ1) is 11.7. The summed E-state index contributed by atoms with van der Waals surface area (Å²) >= 11 is 0. The lowest BCUT2D eigenvalue weighted by atomic mass is 9.99. The number of ketones is 1. The van der Waals surface area contributed by atoms with E-state index in [1.807, 2.05) is 0 Å². The van der Waals surface area contributed by atoms with Crippen LogP contribution in [0.1, 0.15) is 45.4 Å². The zero-order valence-corrected chi connectivity index (χ0v) is 8.91. The zero-order chi connectivity index (χ0) is 10.6. The van der Waals surface area contributed by atoms with E-state index in [0.717, 1.165) is 32.1 Å². The van der Waals surface area contributed by atoms with E-state index in [0.29, 0.717) is 12.3 Å². The fourth-order valence-corrected chi connectivity index (χ4v) is 1.56. The lowest BCUT2D eigenvalue weighted by Crippen LogP contribution is -2.40. The van der Waals surface area contributed by atoms with Crippen molar-refractivity contribution in [2.45, 2.75) is 57.6 Å². The molecule has 1 rings (SSSR count). The van der Waals surface area contributed by atoms with Gasteiger partial charge in [0.25, 0.3) is 0 Å². The minimum atomic E-state index is -0.929. The molecule has 82 valence electrons. The summed E-state index contributed by atoms with van der Waals surface area (Å²) in [4.78, 5) is 11.5. The molecule has 0 saturated heterocycles. The molecule has 0 aliphatic heterocycles. The van der Waals surface area contributed by atoms with Crippen LogP contribution in [0, 0.1) is 5.92 Å². The van der Waals surface area contributed by atoms with Crippen LogP contribution in [0.3, 0.4) is 0 Å². The van der Waals surface area contributed by atoms with Crippen molar-refractivity contribution in [1.29, 1.82) is 0 Å². The number of carbonyl (C=O) groups excluding carboxylic acids is 1. The van der Waals surface area contributed by atoms with Gasteiger partial charge in [-0.25, -0.2) is 0 Å². The van der Waals surface area contributed by atoms with Crippen molar-refractivity contribution in [2.75, 3.05) is 0 Å². The first-order valence-corrected chi connectivity index (χ1v) is 5.61. The number of unbranched alkanes of at least 4 members (excludes halogenated alkanes) is 1. The molecule has 2 atom stereocenters. The van der Waals surface area contributed by atoms with Crippen molar-refractivity contribution in [1.82, 2.24) is 0 Å². The first-order chi connectivity index (χ1) is 6.65. The number of aliphatic hydroxyl groups is 1. The van der Waals surface area contributed by atoms with Gasteiger partial charge in [0.15, 0.2) is 5.78 Å². The van der Waals surface area contributed by atoms with Crippen molar-refractivity contribution in [3.8, 4) is 0 Å². The minimum absolute atomic E-state index is 0.0592. The molecule has 0 amide bonds. The van der Waals surface area contributed by atoms with Crippen molar-refractivity contribution >= 4 is 5.78 Å². The molecule has 0 aromatic heterocycles. The highest BCUT2D eigenvalue weighted by Gasteiger charge is 2.29. The van der Waals surface area contributed by atoms with Gasteiger partial charge in [-0.3, -0.25) is 4.79 Å². The smallest absolute Gasteiger partial charge is 0.163 e. The second-order valence-electron chi connectivity index (χ2n) is 4.36. The Bertz CT molecular complexity index is 190. The van der Waals surface area contributed by atoms with Crippen LogP contribution in [0.25, 0.3) is 0 Å². The van der Waals surface area contributed by atoms with Gasteiger partial charge in [0.1, 0.15) is 6.10 Å². The topological polar surface area (TPSA) is 63.3 Å². The maximum Gasteiger partial charge on any atom is 0.163 e. The zero-order valence-electron chi connectivity index (χ0n) is 8.91. The van der Waals surface area contributed by atoms with Crippen LogP contribution in [-0.2, 0) is 4.79 Å². The molecule has 1 aliphatic carbocycles. The van der Waals surface area contributed by atoms with E-state index in [4.69, 9.17) is 5.73 Å². The molecule has 0 unspecified atom stereocenters. The Morgan fingerprint density at radius 1 is 1.57 bits per heavy atom. The largest absolute Gasteiger partial charge is 0.384 e. The van der Waals surface area contributed by atoms with Gasteiger partial charge < -0.3 is 10.8 Å². The molecule has 0 radical (unpaired) electrons. The van der Waals surface area contributed by atoms with E-state index < -0.39 is 6.10 Å². The van der Waals surface area contributed by atoms with E-state index in [-0.39, 0.29) is 11.8 Å². The van der Waals surface area contributed by atoms with Crippen LogP contribution in [0.2, 0.25) is 0 Å². The number of carbonyl (C=O) groups is 1. The van der Waals surface area contributed by atoms with Crippen LogP contribution in [0.15, 0.2) is 0 Å². The number of hydrogen-bond donors (Lipinski definition) is 2. The Hall–Kier alpha value is -0.410. The summed E-state index contributed by atoms with van der Waals surface area (Å²) in [5.74, 6) is 0.478. The van der Waals surface area contributed by atoms with Gasteiger partial charge in [-0.05, 0) is 25.2 Å². The third-order valence-corrected chi connectivity index (χ3v) is 2.81. The second kappa shape index (κ2) is 5.47. The summed E-state index contributed by atoms with van der Waals surface area (Å²) in [5.41, 5.74) is 5.73. The molecule has 0 aromatic rings. The Labute approximate surface area is 85.7 Å². The molecule has 0 heterocycles. The molecule has 1 aliphatic rings. The van der Waals surface area contributed by atoms with Gasteiger partial charge in [0.05, 0.1) is 0 Å². The van der Waals surface area contributed by atoms with Crippen molar-refractivity contribution in [3.05, 3.63) is 0 Å². The fraction of sp³-hybridized carbons (Fsp3) is 0.909. The Balaban J connectivity index is 2.22. The van der Waals surface area contributed by atoms with Crippen LogP contribution >= 0.6 is 0 Å². The highest BCUT2D eigenvalue weighted by Crippen LogP contribution is 2.33. The summed E-state index contributed by atoms with van der Waals surface area (Å²) in [5, 5.41) is 9.61. The Kier molecular flexibility index (Phi) is 4.55. The van der Waals surface area contributed by atoms with Crippen molar-refractivity contribution in [2.24, 2.45) is 11.7 Å². The maximum atomic E-state index is 11.5. The standard InChI is InChI=1S/C11H21NO2/c1-2-3-4-9(12)11(14)10(13)7-8-5-6-8/h8-9,11,14H,2-7,12H2,1H3/t9-,11+/m0/s1. The van der Waals surface area contributed by atoms with E-state index in [1.165, 1.54) is 0 Å². The quantitative estimate of drug-likeness (QED) is 0.648. The number of aliphatic hydroxyl groups excluding tert-OH is 1. The van der Waals surface area contributed by atoms with Crippen LogP contribution < -0.4 is 5.73 Å². The average Bonchev–Trinajstić information content (AvgIpc) is 2.96. The monoisotopic (exact) mass is 199 g/mol. The molecule has 14 heavy (non-hydrogen) atoms. The number of rotatable bonds is 7. The van der Waals surface area contributed by atoms with E-state index in [2.05, 4.69) is 6.92 Å². The number of Topliss-reactive ketones (excluding diaryl/α,β-unsaturated/α-hetero) is 1. The van der Waals surface area contributed by atoms with Crippen LogP contribution in [0.5, 0.6) is 0 Å². The maximum absolute atomic E-state index is 11.5. The summed E-state index contributed by atoms with van der Waals surface area (Å²) in [7, 11) is 0. The van der Waals surface area contributed by atoms with Gasteiger partial charge in [0, 0.05) is 12.5 Å². The molecule has 1 fully saturated rings. The summed E-state index contributed by atoms with van der Waals surface area (Å²) in [6, 6.07) is -0.360. The summed E-state index contributed by atoms with van der Waals surface area (Å²) in [6.07, 6.45) is 4.66. The highest BCUT2D eigenvalue weighted by atomic mass is 16.3. The molecule has 3 N–H and O–H groups in total. The van der Waals surface area contributed by atoms with Crippen LogP contribution in [-0.4, -0.2) is 23.0 Å². The predicted molar refractivity (Wildman–Crippen MR) is 55.9 cm³/mol. The number of nitrogens with two attached hydrogens (primary N) is 1. The summed E-state index contributed by atoms with van der Waals surface area (Å²) in [6.45, 7) is 2.07. The van der Waals surface area contributed by atoms with Gasteiger partial charge in [-0.15, -0.1) is 0 Å². The first-order valence-electron chi connectivity index (χ1n) is 5.61. The highest BCUT2D eigenvalue weighted by molar-refractivity contribution is 5.84. The molecule has 0 spiro atoms. The summed E-state index contributed by atoms with van der Waals surface area (Å²) < 4.78 is 0. The minimum Gasteiger partial charge on any atom is -0.384 e. The SMILES string of the molecule is CCCC[C@H](N)[C@@H](O)C(=O)CC1CC1. The second-order valence-corrected chi connectivity index (χ2v) is 4.36. The van der Waals surface area contributed by atoms with E-state index >= 15 is 0 Å². The van der Waals surface area contributed by atoms with Gasteiger partial charge >= 0.3 is 0 Å². The van der Waals surface area contributed by atoms with Gasteiger partial charge in [-0.2, -0.15) is 0 Å². The third kappa shape index (κ3) is 3.76. The normalized spacial score (nSPS) is 20.5. The van der Waals surface area contributed by atoms with Crippen molar-refractivity contribution < 1.29 is 9.90 Å². The van der Waals surface area contributed by atoms with Gasteiger partial charge in [0.2, 0.25) is 0 Å². The Morgan fingerprint density at radius 2 is 2.21 bits per heavy atom. The van der Waals surface area contributed by atoms with E-state index in [9.17, 15) is 9.90 Å². The predicted octanol–water partition coefficient (Wildman–Crippen LogP) is 1.23. The fourth-order valence-electron chi connectivity index (χ4n) is 1.56. The Morgan fingerprint density at radius 3 is 2.71 bits per heavy atom. The molecule has 1 saturated carbocycles. The van der Waals surface area contributed by atoms with E-state index in [1.54, 1.807) is 0 Å². The third-order valence-electron chi connectivity index (χ3n) is 2.81. The van der Waals surface area contributed by atoms with Gasteiger partial charge in [-0.1, -0.05) is 19.8 Å². The van der Waals surface area contributed by atoms with Crippen molar-refractivity contribution in [3.63, 3.8) is 0 Å². The lowest BCUT2D eigenvalue weighted by Gasteiger charge is -2.17. The average molecular weight is 199 g/mol.